The SMILES string of the molecule is CCNC(=O)CNCc1nn(CC)c2ccccc12. The van der Waals surface area contributed by atoms with E-state index >= 15 is 0 Å². The van der Waals surface area contributed by atoms with Crippen LogP contribution < -0.4 is 10.6 Å². The van der Waals surface area contributed by atoms with Gasteiger partial charge in [-0.2, -0.15) is 5.10 Å². The lowest BCUT2D eigenvalue weighted by Crippen LogP contribution is -2.33. The summed E-state index contributed by atoms with van der Waals surface area (Å²) in [6.45, 7) is 6.41. The average Bonchev–Trinajstić information content (AvgIpc) is 2.78. The number of nitrogens with one attached hydrogen (secondary N) is 2. The van der Waals surface area contributed by atoms with Crippen molar-refractivity contribution in [2.24, 2.45) is 0 Å². The highest BCUT2D eigenvalue weighted by molar-refractivity contribution is 5.82. The van der Waals surface area contributed by atoms with Gasteiger partial charge >= 0.3 is 0 Å². The van der Waals surface area contributed by atoms with Crippen LogP contribution in [0.1, 0.15) is 19.5 Å². The van der Waals surface area contributed by atoms with Crippen LogP contribution in [-0.2, 0) is 17.9 Å². The second-order valence-electron chi connectivity index (χ2n) is 4.34. The molecule has 1 heterocycles. The number of aryl methyl sites for hydroxylation is 1. The van der Waals surface area contributed by atoms with Gasteiger partial charge in [0.05, 0.1) is 17.8 Å². The second-order valence-corrected chi connectivity index (χ2v) is 4.34. The van der Waals surface area contributed by atoms with E-state index in [9.17, 15) is 4.79 Å². The number of para-hydroxylation sites is 1. The minimum Gasteiger partial charge on any atom is -0.355 e. The molecule has 0 spiro atoms. The lowest BCUT2D eigenvalue weighted by molar-refractivity contribution is -0.120. The van der Waals surface area contributed by atoms with Gasteiger partial charge in [-0.05, 0) is 19.9 Å². The Hall–Kier alpha value is -1.88. The monoisotopic (exact) mass is 260 g/mol. The van der Waals surface area contributed by atoms with E-state index in [-0.39, 0.29) is 5.91 Å². The molecule has 2 aromatic rings. The zero-order chi connectivity index (χ0) is 13.7. The molecule has 1 aromatic heterocycles. The Morgan fingerprint density at radius 1 is 1.32 bits per heavy atom. The van der Waals surface area contributed by atoms with Gasteiger partial charge in [-0.15, -0.1) is 0 Å². The van der Waals surface area contributed by atoms with E-state index in [1.807, 2.05) is 23.7 Å². The van der Waals surface area contributed by atoms with Crippen LogP contribution in [0.25, 0.3) is 10.9 Å². The van der Waals surface area contributed by atoms with Gasteiger partial charge < -0.3 is 10.6 Å². The molecule has 0 radical (unpaired) electrons. The molecule has 0 fully saturated rings. The van der Waals surface area contributed by atoms with E-state index < -0.39 is 0 Å². The minimum absolute atomic E-state index is 0.0155. The van der Waals surface area contributed by atoms with E-state index in [1.165, 1.54) is 0 Å². The topological polar surface area (TPSA) is 59.0 Å². The predicted molar refractivity (Wildman–Crippen MR) is 75.8 cm³/mol. The zero-order valence-corrected chi connectivity index (χ0v) is 11.4. The number of rotatable bonds is 6. The Kier molecular flexibility index (Phi) is 4.52. The smallest absolute Gasteiger partial charge is 0.233 e. The number of carbonyl (C=O) groups excluding carboxylic acids is 1. The maximum absolute atomic E-state index is 11.4. The van der Waals surface area contributed by atoms with Crippen LogP contribution in [0.3, 0.4) is 0 Å². The van der Waals surface area contributed by atoms with E-state index in [1.54, 1.807) is 0 Å². The number of aromatic nitrogens is 2. The van der Waals surface area contributed by atoms with Gasteiger partial charge in [0.2, 0.25) is 5.91 Å². The standard InChI is InChI=1S/C14H20N4O/c1-3-16-14(19)10-15-9-12-11-7-5-6-8-13(11)18(4-2)17-12/h5-8,15H,3-4,9-10H2,1-2H3,(H,16,19). The molecule has 5 nitrogen and oxygen atoms in total. The van der Waals surface area contributed by atoms with Gasteiger partial charge in [0.25, 0.3) is 0 Å². The summed E-state index contributed by atoms with van der Waals surface area (Å²) in [5, 5.41) is 11.6. The predicted octanol–water partition coefficient (Wildman–Crippen LogP) is 1.28. The molecule has 1 aromatic carbocycles. The van der Waals surface area contributed by atoms with Gasteiger partial charge in [0, 0.05) is 25.0 Å². The first-order chi connectivity index (χ1) is 9.26. The van der Waals surface area contributed by atoms with Crippen LogP contribution >= 0.6 is 0 Å². The Morgan fingerprint density at radius 3 is 2.84 bits per heavy atom. The van der Waals surface area contributed by atoms with Crippen molar-refractivity contribution in [3.63, 3.8) is 0 Å². The number of hydrogen-bond acceptors (Lipinski definition) is 3. The highest BCUT2D eigenvalue weighted by atomic mass is 16.1. The molecule has 0 saturated heterocycles. The van der Waals surface area contributed by atoms with E-state index in [0.29, 0.717) is 19.6 Å². The molecule has 19 heavy (non-hydrogen) atoms. The van der Waals surface area contributed by atoms with Crippen LogP contribution in [0.15, 0.2) is 24.3 Å². The number of fused-ring (bicyclic) bond motifs is 1. The van der Waals surface area contributed by atoms with Crippen molar-refractivity contribution in [1.82, 2.24) is 20.4 Å². The molecule has 0 aliphatic heterocycles. The van der Waals surface area contributed by atoms with Crippen molar-refractivity contribution in [3.05, 3.63) is 30.0 Å². The maximum atomic E-state index is 11.4. The number of benzene rings is 1. The van der Waals surface area contributed by atoms with Crippen molar-refractivity contribution in [1.29, 1.82) is 0 Å². The highest BCUT2D eigenvalue weighted by Crippen LogP contribution is 2.17. The van der Waals surface area contributed by atoms with Gasteiger partial charge in [-0.1, -0.05) is 18.2 Å². The number of hydrogen-bond donors (Lipinski definition) is 2. The molecule has 0 aliphatic rings. The largest absolute Gasteiger partial charge is 0.355 e. The maximum Gasteiger partial charge on any atom is 0.233 e. The number of amides is 1. The quantitative estimate of drug-likeness (QED) is 0.822. The molecule has 0 aliphatic carbocycles. The van der Waals surface area contributed by atoms with E-state index in [4.69, 9.17) is 0 Å². The van der Waals surface area contributed by atoms with Crippen LogP contribution in [0.4, 0.5) is 0 Å². The molecule has 0 unspecified atom stereocenters. The lowest BCUT2D eigenvalue weighted by atomic mass is 10.2. The molecule has 2 N–H and O–H groups in total. The van der Waals surface area contributed by atoms with E-state index in [0.717, 1.165) is 23.1 Å². The molecule has 102 valence electrons. The summed E-state index contributed by atoms with van der Waals surface area (Å²) in [4.78, 5) is 11.4. The third kappa shape index (κ3) is 3.12. The van der Waals surface area contributed by atoms with Gasteiger partial charge in [-0.25, -0.2) is 0 Å². The normalized spacial score (nSPS) is 10.8. The first kappa shape index (κ1) is 13.5. The first-order valence-electron chi connectivity index (χ1n) is 6.68. The second kappa shape index (κ2) is 6.33. The Bertz CT molecular complexity index is 562. The number of nitrogens with zero attached hydrogens (tertiary/aromatic N) is 2. The van der Waals surface area contributed by atoms with Gasteiger partial charge in [0.1, 0.15) is 0 Å². The number of carbonyl (C=O) groups is 1. The minimum atomic E-state index is 0.0155. The molecule has 0 saturated carbocycles. The zero-order valence-electron chi connectivity index (χ0n) is 11.4. The third-order valence-electron chi connectivity index (χ3n) is 2.99. The fourth-order valence-corrected chi connectivity index (χ4v) is 2.12. The molecular weight excluding hydrogens is 240 g/mol. The average molecular weight is 260 g/mol. The fraction of sp³-hybridized carbons (Fsp3) is 0.429. The molecule has 5 heteroatoms. The highest BCUT2D eigenvalue weighted by Gasteiger charge is 2.08. The van der Waals surface area contributed by atoms with Crippen LogP contribution in [0.2, 0.25) is 0 Å². The molecule has 1 amide bonds. The van der Waals surface area contributed by atoms with Crippen molar-refractivity contribution in [2.75, 3.05) is 13.1 Å². The Labute approximate surface area is 113 Å². The Morgan fingerprint density at radius 2 is 2.11 bits per heavy atom. The summed E-state index contributed by atoms with van der Waals surface area (Å²) >= 11 is 0. The van der Waals surface area contributed by atoms with Crippen LogP contribution in [0, 0.1) is 0 Å². The number of likely N-dealkylation sites (N-methyl/N-ethyl adjacent to an activating group) is 1. The molecular formula is C14H20N4O. The first-order valence-corrected chi connectivity index (χ1v) is 6.68. The summed E-state index contributed by atoms with van der Waals surface area (Å²) in [5.74, 6) is 0.0155. The van der Waals surface area contributed by atoms with Gasteiger partial charge in [0.15, 0.2) is 0 Å². The third-order valence-corrected chi connectivity index (χ3v) is 2.99. The summed E-state index contributed by atoms with van der Waals surface area (Å²) in [6, 6.07) is 8.16. The molecule has 0 atom stereocenters. The lowest BCUT2D eigenvalue weighted by Gasteiger charge is -2.03. The van der Waals surface area contributed by atoms with Crippen molar-refractivity contribution < 1.29 is 4.79 Å². The van der Waals surface area contributed by atoms with Crippen LogP contribution in [0.5, 0.6) is 0 Å². The summed E-state index contributed by atoms with van der Waals surface area (Å²) in [6.07, 6.45) is 0. The molecule has 2 rings (SSSR count). The summed E-state index contributed by atoms with van der Waals surface area (Å²) < 4.78 is 1.98. The van der Waals surface area contributed by atoms with E-state index in [2.05, 4.69) is 34.8 Å². The van der Waals surface area contributed by atoms with Crippen molar-refractivity contribution in [3.8, 4) is 0 Å². The van der Waals surface area contributed by atoms with Crippen molar-refractivity contribution >= 4 is 16.8 Å². The fourth-order valence-electron chi connectivity index (χ4n) is 2.12. The van der Waals surface area contributed by atoms with Crippen LogP contribution in [-0.4, -0.2) is 28.8 Å². The summed E-state index contributed by atoms with van der Waals surface area (Å²) in [5.41, 5.74) is 2.13. The summed E-state index contributed by atoms with van der Waals surface area (Å²) in [7, 11) is 0. The Balaban J connectivity index is 2.06. The van der Waals surface area contributed by atoms with Crippen molar-refractivity contribution in [2.45, 2.75) is 26.9 Å². The van der Waals surface area contributed by atoms with Gasteiger partial charge in [-0.3, -0.25) is 9.48 Å². The molecule has 0 bridgehead atoms.